The SMILES string of the molecule is Nc1cc(-c2ccccc2CC(F)(F)F)no1. The lowest BCUT2D eigenvalue weighted by Gasteiger charge is -2.09. The summed E-state index contributed by atoms with van der Waals surface area (Å²) < 4.78 is 41.8. The Bertz CT molecular complexity index is 519. The second-order valence-corrected chi connectivity index (χ2v) is 3.56. The smallest absolute Gasteiger partial charge is 0.368 e. The van der Waals surface area contributed by atoms with Crippen molar-refractivity contribution in [3.8, 4) is 11.3 Å². The first-order valence-corrected chi connectivity index (χ1v) is 4.83. The number of rotatable bonds is 2. The summed E-state index contributed by atoms with van der Waals surface area (Å²) in [4.78, 5) is 0. The van der Waals surface area contributed by atoms with E-state index >= 15 is 0 Å². The van der Waals surface area contributed by atoms with E-state index in [2.05, 4.69) is 9.68 Å². The zero-order valence-electron chi connectivity index (χ0n) is 8.66. The molecule has 0 saturated heterocycles. The number of alkyl halides is 3. The summed E-state index contributed by atoms with van der Waals surface area (Å²) in [6, 6.07) is 7.55. The van der Waals surface area contributed by atoms with Crippen LogP contribution in [0.1, 0.15) is 5.56 Å². The standard InChI is InChI=1S/C11H9F3N2O/c12-11(13,14)6-7-3-1-2-4-8(7)9-5-10(15)17-16-9/h1-5H,6,15H2. The Balaban J connectivity index is 2.41. The molecule has 1 aromatic heterocycles. The molecule has 0 aliphatic carbocycles. The van der Waals surface area contributed by atoms with E-state index in [0.29, 0.717) is 11.3 Å². The molecular weight excluding hydrogens is 233 g/mol. The van der Waals surface area contributed by atoms with Crippen LogP contribution in [-0.2, 0) is 6.42 Å². The molecule has 0 unspecified atom stereocenters. The minimum Gasteiger partial charge on any atom is -0.368 e. The zero-order chi connectivity index (χ0) is 12.5. The van der Waals surface area contributed by atoms with E-state index in [4.69, 9.17) is 5.73 Å². The molecule has 1 aromatic carbocycles. The summed E-state index contributed by atoms with van der Waals surface area (Å²) in [7, 11) is 0. The molecule has 0 atom stereocenters. The average molecular weight is 242 g/mol. The Morgan fingerprint density at radius 3 is 2.53 bits per heavy atom. The monoisotopic (exact) mass is 242 g/mol. The van der Waals surface area contributed by atoms with Gasteiger partial charge in [0.15, 0.2) is 0 Å². The molecule has 1 heterocycles. The third-order valence-corrected chi connectivity index (χ3v) is 2.21. The van der Waals surface area contributed by atoms with Crippen LogP contribution < -0.4 is 5.73 Å². The molecular formula is C11H9F3N2O. The highest BCUT2D eigenvalue weighted by atomic mass is 19.4. The van der Waals surface area contributed by atoms with E-state index in [-0.39, 0.29) is 11.4 Å². The molecule has 0 aliphatic heterocycles. The molecule has 17 heavy (non-hydrogen) atoms. The molecule has 0 spiro atoms. The van der Waals surface area contributed by atoms with Crippen LogP contribution in [0.25, 0.3) is 11.3 Å². The number of aromatic nitrogens is 1. The summed E-state index contributed by atoms with van der Waals surface area (Å²) in [5.74, 6) is 0.0711. The predicted octanol–water partition coefficient (Wildman–Crippen LogP) is 3.03. The summed E-state index contributed by atoms with van der Waals surface area (Å²) >= 11 is 0. The van der Waals surface area contributed by atoms with Gasteiger partial charge in [-0.1, -0.05) is 29.4 Å². The van der Waals surface area contributed by atoms with Crippen molar-refractivity contribution in [1.82, 2.24) is 5.16 Å². The fourth-order valence-electron chi connectivity index (χ4n) is 1.56. The second kappa shape index (κ2) is 4.12. The van der Waals surface area contributed by atoms with E-state index < -0.39 is 12.6 Å². The molecule has 2 aromatic rings. The van der Waals surface area contributed by atoms with Crippen molar-refractivity contribution in [2.24, 2.45) is 0 Å². The first kappa shape index (κ1) is 11.5. The van der Waals surface area contributed by atoms with Crippen molar-refractivity contribution in [3.05, 3.63) is 35.9 Å². The van der Waals surface area contributed by atoms with Crippen LogP contribution in [0.4, 0.5) is 19.1 Å². The number of anilines is 1. The van der Waals surface area contributed by atoms with E-state index in [1.165, 1.54) is 12.1 Å². The van der Waals surface area contributed by atoms with Gasteiger partial charge in [0, 0.05) is 11.6 Å². The maximum atomic E-state index is 12.4. The van der Waals surface area contributed by atoms with Gasteiger partial charge < -0.3 is 10.3 Å². The van der Waals surface area contributed by atoms with Crippen molar-refractivity contribution >= 4 is 5.88 Å². The minimum absolute atomic E-state index is 0.0711. The molecule has 6 heteroatoms. The van der Waals surface area contributed by atoms with Crippen LogP contribution in [0.3, 0.4) is 0 Å². The number of nitrogens with two attached hydrogens (primary N) is 1. The number of benzene rings is 1. The topological polar surface area (TPSA) is 52.0 Å². The van der Waals surface area contributed by atoms with Crippen LogP contribution in [0, 0.1) is 0 Å². The van der Waals surface area contributed by atoms with Gasteiger partial charge in [-0.3, -0.25) is 0 Å². The summed E-state index contributed by atoms with van der Waals surface area (Å²) in [6.45, 7) is 0. The molecule has 3 nitrogen and oxygen atoms in total. The molecule has 90 valence electrons. The normalized spacial score (nSPS) is 11.7. The van der Waals surface area contributed by atoms with Gasteiger partial charge in [-0.2, -0.15) is 13.2 Å². The number of hydrogen-bond acceptors (Lipinski definition) is 3. The van der Waals surface area contributed by atoms with Gasteiger partial charge in [-0.05, 0) is 5.56 Å². The van der Waals surface area contributed by atoms with Crippen LogP contribution in [0.2, 0.25) is 0 Å². The van der Waals surface area contributed by atoms with Crippen LogP contribution in [0.15, 0.2) is 34.9 Å². The summed E-state index contributed by atoms with van der Waals surface area (Å²) in [5.41, 5.74) is 6.18. The Labute approximate surface area is 95.0 Å². The highest BCUT2D eigenvalue weighted by Gasteiger charge is 2.29. The quantitative estimate of drug-likeness (QED) is 0.880. The van der Waals surface area contributed by atoms with Gasteiger partial charge in [-0.25, -0.2) is 0 Å². The summed E-state index contributed by atoms with van der Waals surface area (Å²) in [6.07, 6.45) is -5.26. The van der Waals surface area contributed by atoms with Crippen molar-refractivity contribution < 1.29 is 17.7 Å². The minimum atomic E-state index is -4.26. The van der Waals surface area contributed by atoms with Gasteiger partial charge in [0.05, 0.1) is 6.42 Å². The third-order valence-electron chi connectivity index (χ3n) is 2.21. The first-order valence-electron chi connectivity index (χ1n) is 4.83. The maximum absolute atomic E-state index is 12.4. The fraction of sp³-hybridized carbons (Fsp3) is 0.182. The van der Waals surface area contributed by atoms with Crippen molar-refractivity contribution in [1.29, 1.82) is 0 Å². The van der Waals surface area contributed by atoms with Crippen molar-refractivity contribution in [2.45, 2.75) is 12.6 Å². The molecule has 0 bridgehead atoms. The average Bonchev–Trinajstić information content (AvgIpc) is 2.63. The van der Waals surface area contributed by atoms with Crippen molar-refractivity contribution in [3.63, 3.8) is 0 Å². The van der Waals surface area contributed by atoms with Crippen LogP contribution >= 0.6 is 0 Å². The summed E-state index contributed by atoms with van der Waals surface area (Å²) in [5, 5.41) is 3.61. The molecule has 2 N–H and O–H groups in total. The van der Waals surface area contributed by atoms with E-state index in [0.717, 1.165) is 0 Å². The number of nitrogen functional groups attached to an aromatic ring is 1. The first-order chi connectivity index (χ1) is 7.96. The van der Waals surface area contributed by atoms with Gasteiger partial charge in [0.1, 0.15) is 5.69 Å². The molecule has 2 rings (SSSR count). The highest BCUT2D eigenvalue weighted by Crippen LogP contribution is 2.29. The Kier molecular flexibility index (Phi) is 2.79. The Morgan fingerprint density at radius 2 is 1.94 bits per heavy atom. The highest BCUT2D eigenvalue weighted by molar-refractivity contribution is 5.65. The van der Waals surface area contributed by atoms with Gasteiger partial charge >= 0.3 is 6.18 Å². The van der Waals surface area contributed by atoms with Crippen molar-refractivity contribution in [2.75, 3.05) is 5.73 Å². The predicted molar refractivity (Wildman–Crippen MR) is 56.1 cm³/mol. The van der Waals surface area contributed by atoms with E-state index in [1.807, 2.05) is 0 Å². The lowest BCUT2D eigenvalue weighted by molar-refractivity contribution is -0.127. The molecule has 0 amide bonds. The van der Waals surface area contributed by atoms with E-state index in [9.17, 15) is 13.2 Å². The maximum Gasteiger partial charge on any atom is 0.393 e. The van der Waals surface area contributed by atoms with Crippen LogP contribution in [-0.4, -0.2) is 11.3 Å². The fourth-order valence-corrected chi connectivity index (χ4v) is 1.56. The Morgan fingerprint density at radius 1 is 1.24 bits per heavy atom. The lowest BCUT2D eigenvalue weighted by Crippen LogP contribution is -2.12. The third kappa shape index (κ3) is 2.77. The number of halogens is 3. The van der Waals surface area contributed by atoms with Gasteiger partial charge in [-0.15, -0.1) is 0 Å². The number of hydrogen-bond donors (Lipinski definition) is 1. The molecule has 0 fully saturated rings. The lowest BCUT2D eigenvalue weighted by atomic mass is 10.0. The van der Waals surface area contributed by atoms with Crippen LogP contribution in [0.5, 0.6) is 0 Å². The molecule has 0 aliphatic rings. The van der Waals surface area contributed by atoms with Gasteiger partial charge in [0.25, 0.3) is 0 Å². The second-order valence-electron chi connectivity index (χ2n) is 3.56. The largest absolute Gasteiger partial charge is 0.393 e. The molecule has 0 saturated carbocycles. The Hall–Kier alpha value is -1.98. The molecule has 0 radical (unpaired) electrons. The van der Waals surface area contributed by atoms with E-state index in [1.54, 1.807) is 18.2 Å². The van der Waals surface area contributed by atoms with Gasteiger partial charge in [0.2, 0.25) is 5.88 Å². The zero-order valence-corrected chi connectivity index (χ0v) is 8.66. The number of nitrogens with zero attached hydrogens (tertiary/aromatic N) is 1.